The van der Waals surface area contributed by atoms with Crippen LogP contribution in [0.25, 0.3) is 11.2 Å². The lowest BCUT2D eigenvalue weighted by Gasteiger charge is -2.26. The topological polar surface area (TPSA) is 126 Å². The number of likely N-dealkylation sites (N-methyl/N-ethyl adjacent to an activating group) is 1. The second-order valence-corrected chi connectivity index (χ2v) is 9.06. The highest BCUT2D eigenvalue weighted by atomic mass is 35.5. The van der Waals surface area contributed by atoms with E-state index in [2.05, 4.69) is 44.5 Å². The van der Waals surface area contributed by atoms with E-state index < -0.39 is 24.2 Å². The van der Waals surface area contributed by atoms with Crippen LogP contribution in [0, 0.1) is 0 Å². The highest BCUT2D eigenvalue weighted by molar-refractivity contribution is 6.28. The Balaban J connectivity index is 1.45. The van der Waals surface area contributed by atoms with E-state index in [0.29, 0.717) is 23.5 Å². The number of rotatable bonds is 8. The molecule has 10 nitrogen and oxygen atoms in total. The molecule has 1 aliphatic rings. The number of carbonyl (C=O) groups is 1. The highest BCUT2D eigenvalue weighted by Crippen LogP contribution is 2.27. The summed E-state index contributed by atoms with van der Waals surface area (Å²) in [6.07, 6.45) is -2.19. The predicted octanol–water partition coefficient (Wildman–Crippen LogP) is 2.33. The molecule has 1 fully saturated rings. The second-order valence-electron chi connectivity index (χ2n) is 8.72. The van der Waals surface area contributed by atoms with Crippen molar-refractivity contribution >= 4 is 34.5 Å². The number of nitrogens with one attached hydrogen (secondary N) is 1. The van der Waals surface area contributed by atoms with E-state index in [1.165, 1.54) is 16.0 Å². The van der Waals surface area contributed by atoms with Gasteiger partial charge in [-0.15, -0.1) is 0 Å². The summed E-state index contributed by atoms with van der Waals surface area (Å²) in [5, 5.41) is 24.7. The van der Waals surface area contributed by atoms with Crippen LogP contribution in [-0.2, 0) is 9.53 Å². The van der Waals surface area contributed by atoms with E-state index in [1.807, 2.05) is 36.4 Å². The number of carbonyl (C=O) groups excluding carboxylic acids is 1. The van der Waals surface area contributed by atoms with Gasteiger partial charge in [0.15, 0.2) is 23.1 Å². The number of imidazole rings is 1. The fraction of sp³-hybridized carbons (Fsp3) is 0.308. The molecule has 1 aliphatic heterocycles. The van der Waals surface area contributed by atoms with Gasteiger partial charge in [0.2, 0.25) is 5.28 Å². The van der Waals surface area contributed by atoms with Gasteiger partial charge in [-0.2, -0.15) is 9.97 Å². The number of ether oxygens (including phenoxy) is 1. The van der Waals surface area contributed by atoms with E-state index in [-0.39, 0.29) is 24.4 Å². The molecule has 37 heavy (non-hydrogen) atoms. The number of fused-ring (bicyclic) bond motifs is 1. The number of halogens is 1. The Morgan fingerprint density at radius 1 is 1.14 bits per heavy atom. The first-order chi connectivity index (χ1) is 18.0. The Kier molecular flexibility index (Phi) is 7.33. The molecule has 1 amide bonds. The van der Waals surface area contributed by atoms with Crippen LogP contribution in [0.1, 0.15) is 24.0 Å². The van der Waals surface area contributed by atoms with Crippen molar-refractivity contribution in [2.45, 2.75) is 31.2 Å². The van der Waals surface area contributed by atoms with Gasteiger partial charge in [-0.25, -0.2) is 14.7 Å². The number of nitrogens with zero attached hydrogens (tertiary/aromatic N) is 5. The molecule has 0 unspecified atom stereocenters. The molecule has 3 atom stereocenters. The molecule has 0 spiro atoms. The number of benzene rings is 2. The highest BCUT2D eigenvalue weighted by Gasteiger charge is 2.42. The second kappa shape index (κ2) is 10.8. The zero-order valence-corrected chi connectivity index (χ0v) is 20.9. The molecule has 0 radical (unpaired) electrons. The minimum atomic E-state index is -1.32. The molecule has 2 aromatic carbocycles. The summed E-state index contributed by atoms with van der Waals surface area (Å²) in [5.74, 6) is -0.0561. The lowest BCUT2D eigenvalue weighted by Crippen LogP contribution is -2.50. The van der Waals surface area contributed by atoms with Gasteiger partial charge in [0.1, 0.15) is 18.5 Å². The maximum Gasteiger partial charge on any atom is 0.273 e. The van der Waals surface area contributed by atoms with Crippen LogP contribution in [-0.4, -0.2) is 73.8 Å². The average molecular weight is 523 g/mol. The summed E-state index contributed by atoms with van der Waals surface area (Å²) in [6.45, 7) is 2.40. The first-order valence-corrected chi connectivity index (χ1v) is 12.4. The molecular weight excluding hydrogens is 496 g/mol. The number of aliphatic hydroxyl groups excluding tert-OH is 2. The number of anilines is 1. The van der Waals surface area contributed by atoms with E-state index in [0.717, 1.165) is 11.1 Å². The number of hydrogen-bond donors (Lipinski definition) is 3. The first kappa shape index (κ1) is 25.1. The van der Waals surface area contributed by atoms with Crippen LogP contribution in [0.15, 0.2) is 67.0 Å². The number of hydrogen-bond acceptors (Lipinski definition) is 8. The molecule has 192 valence electrons. The molecule has 5 rings (SSSR count). The molecule has 3 heterocycles. The fourth-order valence-corrected chi connectivity index (χ4v) is 4.70. The van der Waals surface area contributed by atoms with E-state index in [4.69, 9.17) is 16.3 Å². The van der Waals surface area contributed by atoms with Crippen LogP contribution < -0.4 is 10.3 Å². The summed E-state index contributed by atoms with van der Waals surface area (Å²) >= 11 is 6.29. The Labute approximate surface area is 218 Å². The number of aliphatic hydroxyl groups is 2. The van der Waals surface area contributed by atoms with Gasteiger partial charge >= 0.3 is 0 Å². The molecule has 4 aromatic rings. The number of aromatic nitrogens is 4. The molecule has 3 N–H and O–H groups in total. The van der Waals surface area contributed by atoms with Gasteiger partial charge in [0.05, 0.1) is 6.61 Å². The molecule has 0 saturated carbocycles. The smallest absolute Gasteiger partial charge is 0.273 e. The van der Waals surface area contributed by atoms with E-state index in [9.17, 15) is 15.0 Å². The van der Waals surface area contributed by atoms with Gasteiger partial charge in [-0.3, -0.25) is 4.79 Å². The van der Waals surface area contributed by atoms with E-state index in [1.54, 1.807) is 6.92 Å². The third kappa shape index (κ3) is 5.01. The van der Waals surface area contributed by atoms with Crippen LogP contribution in [0.2, 0.25) is 5.28 Å². The number of amides is 1. The summed E-state index contributed by atoms with van der Waals surface area (Å²) < 4.78 is 6.79. The Hall–Kier alpha value is -3.57. The zero-order valence-electron chi connectivity index (χ0n) is 20.1. The molecule has 0 aliphatic carbocycles. The Bertz CT molecular complexity index is 1330. The van der Waals surface area contributed by atoms with Crippen molar-refractivity contribution < 1.29 is 19.7 Å². The minimum absolute atomic E-state index is 0.0104. The summed E-state index contributed by atoms with van der Waals surface area (Å²) in [6, 6.07) is 20.3. The van der Waals surface area contributed by atoms with Crippen molar-refractivity contribution in [1.29, 1.82) is 0 Å². The predicted molar refractivity (Wildman–Crippen MR) is 139 cm³/mol. The van der Waals surface area contributed by atoms with E-state index >= 15 is 0 Å². The largest absolute Gasteiger partial charge is 0.388 e. The monoisotopic (exact) mass is 522 g/mol. The lowest BCUT2D eigenvalue weighted by molar-refractivity contribution is -0.132. The van der Waals surface area contributed by atoms with Crippen molar-refractivity contribution in [3.63, 3.8) is 0 Å². The van der Waals surface area contributed by atoms with Crippen molar-refractivity contribution in [3.05, 3.63) is 83.4 Å². The van der Waals surface area contributed by atoms with Gasteiger partial charge in [0.25, 0.3) is 5.91 Å². The van der Waals surface area contributed by atoms with Crippen LogP contribution in [0.4, 0.5) is 5.82 Å². The average Bonchev–Trinajstić information content (AvgIpc) is 3.48. The first-order valence-electron chi connectivity index (χ1n) is 12.0. The van der Waals surface area contributed by atoms with Gasteiger partial charge < -0.3 is 20.3 Å². The third-order valence-electron chi connectivity index (χ3n) is 6.44. The standard InChI is InChI=1S/C26H27ClN6O4/c1-2-32(25(36)22-21(35)19(34)14-37-22)33-15-29-20-23(30-26(27)31-24(20)33)28-13-18(16-9-5-3-6-10-16)17-11-7-4-8-12-17/h3-12,15,18-19,21-22,34-35H,2,13-14H2,1H3,(H,28,30,31)/t19-,21-,22-/m0/s1. The maximum absolute atomic E-state index is 13.2. The molecule has 2 aromatic heterocycles. The molecule has 11 heteroatoms. The maximum atomic E-state index is 13.2. The van der Waals surface area contributed by atoms with Crippen molar-refractivity contribution in [1.82, 2.24) is 19.6 Å². The Morgan fingerprint density at radius 2 is 1.78 bits per heavy atom. The van der Waals surface area contributed by atoms with Crippen LogP contribution in [0.5, 0.6) is 0 Å². The normalized spacial score (nSPS) is 19.4. The summed E-state index contributed by atoms with van der Waals surface area (Å²) in [7, 11) is 0. The lowest BCUT2D eigenvalue weighted by atomic mass is 9.91. The van der Waals surface area contributed by atoms with Crippen molar-refractivity contribution in [2.24, 2.45) is 0 Å². The van der Waals surface area contributed by atoms with Crippen molar-refractivity contribution in [3.8, 4) is 0 Å². The van der Waals surface area contributed by atoms with Crippen molar-refractivity contribution in [2.75, 3.05) is 30.0 Å². The van der Waals surface area contributed by atoms with Crippen LogP contribution in [0.3, 0.4) is 0 Å². The quantitative estimate of drug-likeness (QED) is 0.301. The summed E-state index contributed by atoms with van der Waals surface area (Å²) in [5.41, 5.74) is 3.04. The SMILES string of the molecule is CCN(C(=O)[C@H]1OC[C@H](O)[C@@H]1O)n1cnc2c(NCC(c3ccccc3)c3ccccc3)nc(Cl)nc21. The van der Waals surface area contributed by atoms with Gasteiger partial charge in [-0.05, 0) is 29.7 Å². The Morgan fingerprint density at radius 3 is 2.35 bits per heavy atom. The van der Waals surface area contributed by atoms with Gasteiger partial charge in [0, 0.05) is 19.0 Å². The molecular formula is C26H27ClN6O4. The fourth-order valence-electron chi connectivity index (χ4n) is 4.54. The molecule has 0 bridgehead atoms. The third-order valence-corrected chi connectivity index (χ3v) is 6.61. The molecule has 1 saturated heterocycles. The van der Waals surface area contributed by atoms with Crippen LogP contribution >= 0.6 is 11.6 Å². The van der Waals surface area contributed by atoms with Gasteiger partial charge in [-0.1, -0.05) is 60.7 Å². The minimum Gasteiger partial charge on any atom is -0.388 e. The zero-order chi connectivity index (χ0) is 25.9. The summed E-state index contributed by atoms with van der Waals surface area (Å²) in [4.78, 5) is 26.3.